The molecule has 3 rings (SSSR count). The Morgan fingerprint density at radius 3 is 2.52 bits per heavy atom. The monoisotopic (exact) mass is 552 g/mol. The van der Waals surface area contributed by atoms with Crippen LogP contribution in [0.3, 0.4) is 0 Å². The molecule has 0 aliphatic rings. The molecule has 0 saturated heterocycles. The second-order valence-electron chi connectivity index (χ2n) is 7.11. The molecular formula is C22H20BrFN2O5P2. The molecule has 2 unspecified atom stereocenters. The fraction of sp³-hybridized carbons (Fsp3) is 0.182. The Balaban J connectivity index is 1.95. The fourth-order valence-corrected chi connectivity index (χ4v) is 4.04. The molecule has 2 aromatic carbocycles. The Hall–Kier alpha value is -2.47. The van der Waals surface area contributed by atoms with E-state index in [2.05, 4.69) is 26.2 Å². The van der Waals surface area contributed by atoms with Gasteiger partial charge in [0, 0.05) is 16.3 Å². The summed E-state index contributed by atoms with van der Waals surface area (Å²) >= 11 is 3.32. The molecule has 0 fully saturated rings. The van der Waals surface area contributed by atoms with E-state index in [0.717, 1.165) is 11.1 Å². The van der Waals surface area contributed by atoms with Gasteiger partial charge >= 0.3 is 11.9 Å². The van der Waals surface area contributed by atoms with E-state index in [4.69, 9.17) is 9.26 Å². The number of fused-ring (bicyclic) bond motifs is 1. The van der Waals surface area contributed by atoms with Gasteiger partial charge in [0.05, 0.1) is 18.2 Å². The standard InChI is InChI=1S/C22H20BrFN2O5P2/c1-12-3-5-13(6-4-12)9-19(22(29)30-2)26-20(27)18-11-16(21(28)31-33(24)32)15-10-14(23)7-8-17(15)25-18/h3-8,10-11,19H,9,32H2,1-2H3,(H,26,27)/t19-,33?/m0/s1. The smallest absolute Gasteiger partial charge is 0.343 e. The zero-order valence-corrected chi connectivity index (χ0v) is 21.3. The van der Waals surface area contributed by atoms with Crippen LogP contribution >= 0.6 is 33.0 Å². The Labute approximate surface area is 201 Å². The third kappa shape index (κ3) is 6.53. The van der Waals surface area contributed by atoms with E-state index in [0.29, 0.717) is 15.4 Å². The van der Waals surface area contributed by atoms with Crippen molar-refractivity contribution >= 4 is 61.8 Å². The molecule has 3 aromatic rings. The van der Waals surface area contributed by atoms with Gasteiger partial charge in [-0.05, 0) is 45.7 Å². The Bertz CT molecular complexity index is 1210. The molecule has 1 N–H and O–H groups in total. The third-order valence-electron chi connectivity index (χ3n) is 4.74. The zero-order chi connectivity index (χ0) is 24.1. The maximum atomic E-state index is 13.3. The van der Waals surface area contributed by atoms with Crippen LogP contribution in [0.25, 0.3) is 10.9 Å². The van der Waals surface area contributed by atoms with Crippen molar-refractivity contribution in [3.8, 4) is 0 Å². The lowest BCUT2D eigenvalue weighted by Crippen LogP contribution is -2.43. The molecule has 7 nitrogen and oxygen atoms in total. The molecule has 11 heteroatoms. The highest BCUT2D eigenvalue weighted by Crippen LogP contribution is 2.48. The minimum Gasteiger partial charge on any atom is -0.467 e. The second-order valence-corrected chi connectivity index (χ2v) is 9.97. The van der Waals surface area contributed by atoms with Gasteiger partial charge in [-0.3, -0.25) is 4.79 Å². The molecular weight excluding hydrogens is 533 g/mol. The van der Waals surface area contributed by atoms with Crippen molar-refractivity contribution in [3.05, 3.63) is 75.4 Å². The van der Waals surface area contributed by atoms with Crippen molar-refractivity contribution in [3.63, 3.8) is 0 Å². The van der Waals surface area contributed by atoms with Crippen molar-refractivity contribution in [2.45, 2.75) is 19.4 Å². The molecule has 1 heterocycles. The van der Waals surface area contributed by atoms with Crippen LogP contribution in [0.15, 0.2) is 53.0 Å². The number of aromatic nitrogens is 1. The van der Waals surface area contributed by atoms with Crippen LogP contribution in [0.2, 0.25) is 0 Å². The van der Waals surface area contributed by atoms with Crippen LogP contribution in [-0.4, -0.2) is 36.0 Å². The molecule has 0 aliphatic carbocycles. The average molecular weight is 553 g/mol. The van der Waals surface area contributed by atoms with Crippen molar-refractivity contribution in [1.29, 1.82) is 0 Å². The molecule has 0 aliphatic heterocycles. The van der Waals surface area contributed by atoms with Gasteiger partial charge in [0.1, 0.15) is 11.7 Å². The number of carbonyl (C=O) groups excluding carboxylic acids is 3. The number of nitrogens with zero attached hydrogens (tertiary/aromatic N) is 1. The van der Waals surface area contributed by atoms with E-state index in [1.165, 1.54) is 13.2 Å². The van der Waals surface area contributed by atoms with Crippen LogP contribution in [0, 0.1) is 6.92 Å². The number of ether oxygens (including phenoxy) is 1. The minimum atomic E-state index is -2.53. The maximum absolute atomic E-state index is 13.3. The van der Waals surface area contributed by atoms with Crippen molar-refractivity contribution in [2.24, 2.45) is 0 Å². The third-order valence-corrected chi connectivity index (χ3v) is 5.89. The summed E-state index contributed by atoms with van der Waals surface area (Å²) in [5.41, 5.74) is 2.08. The molecule has 0 radical (unpaired) electrons. The first-order chi connectivity index (χ1) is 15.7. The molecule has 3 atom stereocenters. The zero-order valence-electron chi connectivity index (χ0n) is 17.7. The summed E-state index contributed by atoms with van der Waals surface area (Å²) in [6.45, 7) is 1.94. The number of pyridine rings is 1. The van der Waals surface area contributed by atoms with E-state index in [1.807, 2.05) is 31.2 Å². The summed E-state index contributed by atoms with van der Waals surface area (Å²) in [5.74, 6) is -2.24. The summed E-state index contributed by atoms with van der Waals surface area (Å²) in [4.78, 5) is 42.1. The van der Waals surface area contributed by atoms with Crippen LogP contribution in [0.5, 0.6) is 0 Å². The van der Waals surface area contributed by atoms with Gasteiger partial charge in [-0.25, -0.2) is 14.6 Å². The molecule has 0 bridgehead atoms. The number of aryl methyl sites for hydroxylation is 1. The number of nitrogens with one attached hydrogen (secondary N) is 1. The van der Waals surface area contributed by atoms with E-state index >= 15 is 0 Å². The molecule has 1 amide bonds. The topological polar surface area (TPSA) is 94.6 Å². The number of amides is 1. The number of halogens is 2. The highest BCUT2D eigenvalue weighted by atomic mass is 79.9. The molecule has 0 spiro atoms. The summed E-state index contributed by atoms with van der Waals surface area (Å²) < 4.78 is 23.6. The summed E-state index contributed by atoms with van der Waals surface area (Å²) in [6, 6.07) is 12.7. The van der Waals surface area contributed by atoms with E-state index < -0.39 is 32.0 Å². The lowest BCUT2D eigenvalue weighted by Gasteiger charge is -2.17. The normalized spacial score (nSPS) is 12.6. The van der Waals surface area contributed by atoms with Crippen molar-refractivity contribution < 1.29 is 27.8 Å². The van der Waals surface area contributed by atoms with E-state index in [1.54, 1.807) is 27.1 Å². The Morgan fingerprint density at radius 1 is 1.18 bits per heavy atom. The predicted octanol–water partition coefficient (Wildman–Crippen LogP) is 5.05. The van der Waals surface area contributed by atoms with Gasteiger partial charge in [0.2, 0.25) is 0 Å². The fourth-order valence-electron chi connectivity index (χ4n) is 3.14. The van der Waals surface area contributed by atoms with Crippen LogP contribution < -0.4 is 5.32 Å². The van der Waals surface area contributed by atoms with Crippen molar-refractivity contribution in [1.82, 2.24) is 10.3 Å². The quantitative estimate of drug-likeness (QED) is 0.325. The largest absolute Gasteiger partial charge is 0.467 e. The molecule has 0 saturated carbocycles. The van der Waals surface area contributed by atoms with Gasteiger partial charge in [-0.2, -0.15) is 4.20 Å². The van der Waals surface area contributed by atoms with E-state index in [9.17, 15) is 18.6 Å². The lowest BCUT2D eigenvalue weighted by molar-refractivity contribution is -0.142. The number of rotatable bonds is 7. The predicted molar refractivity (Wildman–Crippen MR) is 131 cm³/mol. The first-order valence-corrected chi connectivity index (χ1v) is 13.2. The molecule has 1 aromatic heterocycles. The molecule has 33 heavy (non-hydrogen) atoms. The van der Waals surface area contributed by atoms with Gasteiger partial charge in [-0.15, -0.1) is 0 Å². The highest BCUT2D eigenvalue weighted by molar-refractivity contribution is 9.10. The number of methoxy groups -OCH3 is 1. The Kier molecular flexibility index (Phi) is 8.46. The van der Waals surface area contributed by atoms with Crippen LogP contribution in [0.1, 0.15) is 32.0 Å². The number of carbonyl (C=O) groups is 3. The number of hydrogen-bond acceptors (Lipinski definition) is 6. The SMILES string of the molecule is COC(=O)[C@H](Cc1ccc(C)cc1)NC(=O)c1cc(C(=O)OP(F)P)c2cc(Br)ccc2n1. The van der Waals surface area contributed by atoms with Crippen LogP contribution in [-0.2, 0) is 20.5 Å². The lowest BCUT2D eigenvalue weighted by atomic mass is 10.0. The minimum absolute atomic E-state index is 0.0211. The number of esters is 1. The van der Waals surface area contributed by atoms with Gasteiger partial charge in [0.25, 0.3) is 14.1 Å². The maximum Gasteiger partial charge on any atom is 0.343 e. The average Bonchev–Trinajstić information content (AvgIpc) is 2.78. The number of benzene rings is 2. The second kappa shape index (κ2) is 11.1. The van der Waals surface area contributed by atoms with E-state index in [-0.39, 0.29) is 17.7 Å². The first-order valence-electron chi connectivity index (χ1n) is 9.65. The van der Waals surface area contributed by atoms with Gasteiger partial charge in [0.15, 0.2) is 0 Å². The van der Waals surface area contributed by atoms with Gasteiger partial charge in [-0.1, -0.05) is 45.8 Å². The Morgan fingerprint density at radius 2 is 1.88 bits per heavy atom. The van der Waals surface area contributed by atoms with Crippen LogP contribution in [0.4, 0.5) is 4.20 Å². The highest BCUT2D eigenvalue weighted by Gasteiger charge is 2.25. The molecule has 172 valence electrons. The summed E-state index contributed by atoms with van der Waals surface area (Å²) in [6.07, 6.45) is 0.202. The summed E-state index contributed by atoms with van der Waals surface area (Å²) in [7, 11) is 0.484. The summed E-state index contributed by atoms with van der Waals surface area (Å²) in [5, 5.41) is 3.00. The number of hydrogen-bond donors (Lipinski definition) is 1. The van der Waals surface area contributed by atoms with Crippen molar-refractivity contribution in [2.75, 3.05) is 7.11 Å². The van der Waals surface area contributed by atoms with Gasteiger partial charge < -0.3 is 14.6 Å². The first kappa shape index (κ1) is 25.2.